The van der Waals surface area contributed by atoms with Crippen molar-refractivity contribution in [2.45, 2.75) is 11.4 Å². The maximum Gasteiger partial charge on any atom is 0.379 e. The van der Waals surface area contributed by atoms with Gasteiger partial charge in [0.2, 0.25) is 11.4 Å². The van der Waals surface area contributed by atoms with Gasteiger partial charge in [-0.2, -0.15) is 0 Å². The van der Waals surface area contributed by atoms with Gasteiger partial charge in [-0.3, -0.25) is 9.59 Å². The molecule has 2 aliphatic heterocycles. The standard InChI is InChI=1S/C24H16O13/c1-35-22(34)20(32)17-13(29)7-14(30)18(19(17)31)23-21(33)16-12(28)5-9(25)6-15(16)36-24(23,37-23)8-2-3-10(26)11(27)4-8/h2-7,25-31H,1H3. The Balaban J connectivity index is 1.84. The molecule has 3 aromatic carbocycles. The highest BCUT2D eigenvalue weighted by Crippen LogP contribution is 2.71. The second kappa shape index (κ2) is 7.41. The Labute approximate surface area is 205 Å². The van der Waals surface area contributed by atoms with Crippen LogP contribution in [0.1, 0.15) is 31.8 Å². The first-order chi connectivity index (χ1) is 17.4. The fourth-order valence-electron chi connectivity index (χ4n) is 4.49. The van der Waals surface area contributed by atoms with E-state index in [4.69, 9.17) is 9.47 Å². The summed E-state index contributed by atoms with van der Waals surface area (Å²) < 4.78 is 15.9. The van der Waals surface area contributed by atoms with Gasteiger partial charge in [-0.05, 0) is 18.2 Å². The molecular weight excluding hydrogens is 496 g/mol. The summed E-state index contributed by atoms with van der Waals surface area (Å²) in [7, 11) is 0.869. The second-order valence-corrected chi connectivity index (χ2v) is 8.21. The van der Waals surface area contributed by atoms with Gasteiger partial charge >= 0.3 is 5.97 Å². The molecule has 37 heavy (non-hydrogen) atoms. The number of ketones is 2. The van der Waals surface area contributed by atoms with Crippen molar-refractivity contribution in [3.63, 3.8) is 0 Å². The van der Waals surface area contributed by atoms with Gasteiger partial charge in [0.05, 0.1) is 12.7 Å². The predicted octanol–water partition coefficient (Wildman–Crippen LogP) is 1.34. The number of epoxide rings is 1. The number of hydrogen-bond acceptors (Lipinski definition) is 13. The molecule has 1 saturated heterocycles. The van der Waals surface area contributed by atoms with E-state index >= 15 is 0 Å². The quantitative estimate of drug-likeness (QED) is 0.0862. The summed E-state index contributed by atoms with van der Waals surface area (Å²) >= 11 is 0. The number of fused-ring (bicyclic) bond motifs is 2. The molecule has 0 saturated carbocycles. The average Bonchev–Trinajstić information content (AvgIpc) is 3.50. The first kappa shape index (κ1) is 23.6. The van der Waals surface area contributed by atoms with E-state index in [1.54, 1.807) is 0 Å². The van der Waals surface area contributed by atoms with Crippen molar-refractivity contribution >= 4 is 17.5 Å². The third kappa shape index (κ3) is 2.91. The smallest absolute Gasteiger partial charge is 0.379 e. The van der Waals surface area contributed by atoms with E-state index in [1.165, 1.54) is 6.07 Å². The lowest BCUT2D eigenvalue weighted by atomic mass is 9.78. The van der Waals surface area contributed by atoms with Crippen LogP contribution in [0.2, 0.25) is 0 Å². The first-order valence-electron chi connectivity index (χ1n) is 10.3. The highest BCUT2D eigenvalue weighted by molar-refractivity contribution is 6.42. The van der Waals surface area contributed by atoms with Gasteiger partial charge in [-0.15, -0.1) is 0 Å². The van der Waals surface area contributed by atoms with Gasteiger partial charge in [-0.1, -0.05) is 0 Å². The average molecular weight is 512 g/mol. The molecule has 0 bridgehead atoms. The maximum atomic E-state index is 13.9. The molecule has 0 aliphatic carbocycles. The topological polar surface area (TPSA) is 224 Å². The minimum atomic E-state index is -2.56. The minimum absolute atomic E-state index is 0.141. The number of carbonyl (C=O) groups excluding carboxylic acids is 3. The number of ether oxygens (including phenoxy) is 3. The van der Waals surface area contributed by atoms with Crippen LogP contribution in [0.15, 0.2) is 36.4 Å². The number of phenolic OH excluding ortho intramolecular Hbond substituents is 7. The second-order valence-electron chi connectivity index (χ2n) is 8.21. The minimum Gasteiger partial charge on any atom is -0.508 e. The molecule has 2 unspecified atom stereocenters. The van der Waals surface area contributed by atoms with Gasteiger partial charge in [0.25, 0.3) is 11.6 Å². The number of phenols is 7. The number of esters is 1. The summed E-state index contributed by atoms with van der Waals surface area (Å²) in [5, 5.41) is 72.1. The van der Waals surface area contributed by atoms with E-state index in [9.17, 15) is 50.1 Å². The SMILES string of the molecule is COC(=O)C(=O)c1c(O)cc(O)c(C23OC2(c2ccc(O)c(O)c2)Oc2cc(O)cc(O)c2C3=O)c1O. The number of benzene rings is 3. The molecule has 13 heteroatoms. The lowest BCUT2D eigenvalue weighted by Crippen LogP contribution is -2.39. The monoisotopic (exact) mass is 512 g/mol. The lowest BCUT2D eigenvalue weighted by Gasteiger charge is -2.29. The molecule has 0 spiro atoms. The van der Waals surface area contributed by atoms with Crippen LogP contribution in [0.5, 0.6) is 46.0 Å². The van der Waals surface area contributed by atoms with Gasteiger partial charge in [0, 0.05) is 23.8 Å². The van der Waals surface area contributed by atoms with Crippen LogP contribution in [-0.4, -0.2) is 60.4 Å². The predicted molar refractivity (Wildman–Crippen MR) is 117 cm³/mol. The zero-order chi connectivity index (χ0) is 27.0. The van der Waals surface area contributed by atoms with E-state index in [0.717, 1.165) is 31.4 Å². The maximum absolute atomic E-state index is 13.9. The molecule has 190 valence electrons. The van der Waals surface area contributed by atoms with E-state index in [1.807, 2.05) is 0 Å². The summed E-state index contributed by atoms with van der Waals surface area (Å²) in [5.41, 5.74) is -5.10. The number of hydrogen-bond donors (Lipinski definition) is 7. The normalized spacial score (nSPS) is 21.4. The molecule has 3 aromatic rings. The van der Waals surface area contributed by atoms with Crippen molar-refractivity contribution in [1.29, 1.82) is 0 Å². The zero-order valence-electron chi connectivity index (χ0n) is 18.5. The van der Waals surface area contributed by atoms with Gasteiger partial charge < -0.3 is 50.0 Å². The Bertz CT molecular complexity index is 1560. The van der Waals surface area contributed by atoms with Crippen LogP contribution in [0.4, 0.5) is 0 Å². The van der Waals surface area contributed by atoms with Crippen molar-refractivity contribution in [3.8, 4) is 46.0 Å². The Morgan fingerprint density at radius 1 is 0.838 bits per heavy atom. The fraction of sp³-hybridized carbons (Fsp3) is 0.125. The third-order valence-corrected chi connectivity index (χ3v) is 6.15. The van der Waals surface area contributed by atoms with Crippen LogP contribution in [-0.2, 0) is 25.7 Å². The van der Waals surface area contributed by atoms with E-state index < -0.39 is 85.9 Å². The van der Waals surface area contributed by atoms with Crippen LogP contribution < -0.4 is 4.74 Å². The Morgan fingerprint density at radius 3 is 2.19 bits per heavy atom. The number of aromatic hydroxyl groups is 7. The van der Waals surface area contributed by atoms with E-state index in [0.29, 0.717) is 6.07 Å². The number of Topliss-reactive ketones (excluding diaryl/α,β-unsaturated/α-hetero) is 2. The first-order valence-corrected chi connectivity index (χ1v) is 10.3. The van der Waals surface area contributed by atoms with Crippen LogP contribution >= 0.6 is 0 Å². The zero-order valence-corrected chi connectivity index (χ0v) is 18.5. The van der Waals surface area contributed by atoms with Crippen LogP contribution in [0.25, 0.3) is 0 Å². The highest BCUT2D eigenvalue weighted by atomic mass is 16.8. The largest absolute Gasteiger partial charge is 0.508 e. The summed E-state index contributed by atoms with van der Waals surface area (Å²) in [6.07, 6.45) is 0. The Morgan fingerprint density at radius 2 is 1.54 bits per heavy atom. The molecule has 13 nitrogen and oxygen atoms in total. The molecular formula is C24H16O13. The van der Waals surface area contributed by atoms with Crippen molar-refractivity contribution < 1.29 is 64.3 Å². The summed E-state index contributed by atoms with van der Waals surface area (Å²) in [6, 6.07) is 5.51. The van der Waals surface area contributed by atoms with Crippen molar-refractivity contribution in [2.24, 2.45) is 0 Å². The Kier molecular flexibility index (Phi) is 4.72. The Hall–Kier alpha value is -5.17. The molecule has 2 aliphatic rings. The molecule has 2 atom stereocenters. The van der Waals surface area contributed by atoms with Gasteiger partial charge in [0.15, 0.2) is 11.5 Å². The van der Waals surface area contributed by atoms with E-state index in [-0.39, 0.29) is 11.3 Å². The van der Waals surface area contributed by atoms with Gasteiger partial charge in [0.1, 0.15) is 45.6 Å². The van der Waals surface area contributed by atoms with E-state index in [2.05, 4.69) is 4.74 Å². The lowest BCUT2D eigenvalue weighted by molar-refractivity contribution is -0.135. The van der Waals surface area contributed by atoms with Crippen molar-refractivity contribution in [3.05, 3.63) is 58.7 Å². The third-order valence-electron chi connectivity index (χ3n) is 6.15. The molecule has 0 aromatic heterocycles. The molecule has 1 fully saturated rings. The number of methoxy groups -OCH3 is 1. The van der Waals surface area contributed by atoms with Crippen LogP contribution in [0, 0.1) is 0 Å². The van der Waals surface area contributed by atoms with Crippen molar-refractivity contribution in [2.75, 3.05) is 7.11 Å². The summed E-state index contributed by atoms with van der Waals surface area (Å²) in [6.45, 7) is 0. The molecule has 0 radical (unpaired) electrons. The molecule has 2 heterocycles. The molecule has 0 amide bonds. The van der Waals surface area contributed by atoms with Gasteiger partial charge in [-0.25, -0.2) is 4.79 Å². The molecule has 5 rings (SSSR count). The number of carbonyl (C=O) groups is 3. The summed E-state index contributed by atoms with van der Waals surface area (Å²) in [4.78, 5) is 38.3. The highest BCUT2D eigenvalue weighted by Gasteiger charge is 2.83. The number of rotatable bonds is 4. The van der Waals surface area contributed by atoms with Crippen molar-refractivity contribution in [1.82, 2.24) is 0 Å². The molecule has 7 N–H and O–H groups in total. The fourth-order valence-corrected chi connectivity index (χ4v) is 4.49. The summed E-state index contributed by atoms with van der Waals surface area (Å²) in [5.74, 6) is -12.6. The van der Waals surface area contributed by atoms with Crippen LogP contribution in [0.3, 0.4) is 0 Å².